The molecule has 7 nitrogen and oxygen atoms in total. The van der Waals surface area contributed by atoms with Gasteiger partial charge in [-0.2, -0.15) is 5.26 Å². The number of ether oxygens (including phenoxy) is 1. The number of carbonyl (C=O) groups excluding carboxylic acids is 1. The molecule has 2 aromatic heterocycles. The third kappa shape index (κ3) is 6.19. The molecule has 196 valence electrons. The van der Waals surface area contributed by atoms with Crippen LogP contribution in [0.3, 0.4) is 0 Å². The molecule has 1 N–H and O–H groups in total. The summed E-state index contributed by atoms with van der Waals surface area (Å²) in [6, 6.07) is 10.4. The fraction of sp³-hybridized carbons (Fsp3) is 0.500. The van der Waals surface area contributed by atoms with Gasteiger partial charge < -0.3 is 14.6 Å². The number of aromatic nitrogens is 3. The molecule has 3 aromatic rings. The van der Waals surface area contributed by atoms with Crippen LogP contribution in [0.2, 0.25) is 0 Å². The summed E-state index contributed by atoms with van der Waals surface area (Å²) < 4.78 is 7.91. The molecule has 0 spiro atoms. The molecule has 37 heavy (non-hydrogen) atoms. The molecule has 0 unspecified atom stereocenters. The van der Waals surface area contributed by atoms with Gasteiger partial charge in [-0.05, 0) is 67.2 Å². The minimum absolute atomic E-state index is 0.155. The second-order valence-electron chi connectivity index (χ2n) is 10.6. The number of rotatable bonds is 8. The molecule has 4 rings (SSSR count). The van der Waals surface area contributed by atoms with Gasteiger partial charge in [-0.1, -0.05) is 51.6 Å². The molecule has 0 saturated heterocycles. The lowest BCUT2D eigenvalue weighted by atomic mass is 9.72. The Morgan fingerprint density at radius 2 is 2.05 bits per heavy atom. The predicted octanol–water partition coefficient (Wildman–Crippen LogP) is 6.33. The highest BCUT2D eigenvalue weighted by Crippen LogP contribution is 2.44. The Morgan fingerprint density at radius 3 is 2.70 bits per heavy atom. The molecule has 1 aromatic carbocycles. The highest BCUT2D eigenvalue weighted by molar-refractivity contribution is 7.99. The molecule has 0 bridgehead atoms. The number of hydrogen-bond acceptors (Lipinski definition) is 7. The van der Waals surface area contributed by atoms with E-state index in [1.54, 1.807) is 11.3 Å². The van der Waals surface area contributed by atoms with Crippen LogP contribution in [0.15, 0.2) is 29.4 Å². The van der Waals surface area contributed by atoms with Crippen LogP contribution >= 0.6 is 23.1 Å². The van der Waals surface area contributed by atoms with Crippen LogP contribution in [0, 0.1) is 22.7 Å². The lowest BCUT2D eigenvalue weighted by molar-refractivity contribution is -0.113. The minimum Gasteiger partial charge on any atom is -0.483 e. The van der Waals surface area contributed by atoms with Gasteiger partial charge in [0.05, 0.1) is 11.3 Å². The van der Waals surface area contributed by atoms with Crippen LogP contribution in [-0.4, -0.2) is 26.4 Å². The lowest BCUT2D eigenvalue weighted by Gasteiger charge is -2.33. The quantitative estimate of drug-likeness (QED) is 0.337. The fourth-order valence-corrected chi connectivity index (χ4v) is 6.70. The van der Waals surface area contributed by atoms with Crippen molar-refractivity contribution in [3.63, 3.8) is 0 Å². The SMILES string of the molecule is CCc1ccc(O[C@@H](C)c2nnc(SCC(=O)Nc3sc4c(c3C#N)CC[C@@H](C(C)(C)C)C4)n2C)cc1. The van der Waals surface area contributed by atoms with Gasteiger partial charge in [0, 0.05) is 11.9 Å². The number of anilines is 1. The zero-order valence-electron chi connectivity index (χ0n) is 22.4. The van der Waals surface area contributed by atoms with Gasteiger partial charge in [-0.25, -0.2) is 0 Å². The number of nitrogens with one attached hydrogen (secondary N) is 1. The second kappa shape index (κ2) is 11.3. The van der Waals surface area contributed by atoms with Crippen LogP contribution in [0.25, 0.3) is 0 Å². The summed E-state index contributed by atoms with van der Waals surface area (Å²) in [6.45, 7) is 10.9. The van der Waals surface area contributed by atoms with E-state index in [1.165, 1.54) is 22.2 Å². The predicted molar refractivity (Wildman–Crippen MR) is 149 cm³/mol. The minimum atomic E-state index is -0.291. The lowest BCUT2D eigenvalue weighted by Crippen LogP contribution is -2.26. The average Bonchev–Trinajstić information content (AvgIpc) is 3.41. The number of nitrogens with zero attached hydrogens (tertiary/aromatic N) is 4. The summed E-state index contributed by atoms with van der Waals surface area (Å²) in [5.41, 5.74) is 3.23. The van der Waals surface area contributed by atoms with E-state index in [4.69, 9.17) is 4.74 Å². The van der Waals surface area contributed by atoms with Crippen molar-refractivity contribution in [1.29, 1.82) is 5.26 Å². The number of nitriles is 1. The van der Waals surface area contributed by atoms with Crippen molar-refractivity contribution in [1.82, 2.24) is 14.8 Å². The molecule has 1 aliphatic carbocycles. The first-order valence-corrected chi connectivity index (χ1v) is 14.5. The first-order chi connectivity index (χ1) is 17.6. The molecule has 9 heteroatoms. The largest absolute Gasteiger partial charge is 0.483 e. The Bertz CT molecular complexity index is 1300. The Hall–Kier alpha value is -2.83. The maximum absolute atomic E-state index is 12.8. The Morgan fingerprint density at radius 1 is 1.32 bits per heavy atom. The van der Waals surface area contributed by atoms with Crippen LogP contribution in [0.4, 0.5) is 5.00 Å². The van der Waals surface area contributed by atoms with E-state index in [1.807, 2.05) is 30.7 Å². The molecule has 0 radical (unpaired) electrons. The molecule has 2 atom stereocenters. The number of amides is 1. The normalized spacial score (nSPS) is 16.1. The third-order valence-corrected chi connectivity index (χ3v) is 9.25. The first-order valence-electron chi connectivity index (χ1n) is 12.7. The topological polar surface area (TPSA) is 92.8 Å². The summed E-state index contributed by atoms with van der Waals surface area (Å²) >= 11 is 2.88. The van der Waals surface area contributed by atoms with Gasteiger partial charge in [0.15, 0.2) is 17.1 Å². The second-order valence-corrected chi connectivity index (χ2v) is 12.7. The van der Waals surface area contributed by atoms with Gasteiger partial charge in [0.1, 0.15) is 16.8 Å². The van der Waals surface area contributed by atoms with Crippen molar-refractivity contribution < 1.29 is 9.53 Å². The summed E-state index contributed by atoms with van der Waals surface area (Å²) in [5.74, 6) is 2.07. The van der Waals surface area contributed by atoms with Crippen LogP contribution in [0.1, 0.15) is 74.5 Å². The number of carbonyl (C=O) groups is 1. The van der Waals surface area contributed by atoms with Crippen LogP contribution in [0.5, 0.6) is 5.75 Å². The van der Waals surface area contributed by atoms with Gasteiger partial charge in [-0.3, -0.25) is 4.79 Å². The first kappa shape index (κ1) is 27.2. The fourth-order valence-electron chi connectivity index (χ4n) is 4.69. The Balaban J connectivity index is 1.37. The van der Waals surface area contributed by atoms with Gasteiger partial charge in [-0.15, -0.1) is 21.5 Å². The zero-order chi connectivity index (χ0) is 26.7. The van der Waals surface area contributed by atoms with Gasteiger partial charge in [0.2, 0.25) is 5.91 Å². The van der Waals surface area contributed by atoms with Crippen molar-refractivity contribution in [3.8, 4) is 11.8 Å². The summed E-state index contributed by atoms with van der Waals surface area (Å²) in [6.07, 6.45) is 3.63. The molecule has 2 heterocycles. The third-order valence-electron chi connectivity index (χ3n) is 7.06. The number of benzene rings is 1. The summed E-state index contributed by atoms with van der Waals surface area (Å²) in [5, 5.41) is 22.7. The maximum Gasteiger partial charge on any atom is 0.235 e. The molecular weight excluding hydrogens is 502 g/mol. The van der Waals surface area contributed by atoms with E-state index in [0.717, 1.165) is 37.0 Å². The number of thioether (sulfide) groups is 1. The average molecular weight is 538 g/mol. The number of thiophene rings is 1. The van der Waals surface area contributed by atoms with E-state index >= 15 is 0 Å². The molecule has 0 fully saturated rings. The molecule has 1 amide bonds. The number of fused-ring (bicyclic) bond motifs is 1. The van der Waals surface area contributed by atoms with Gasteiger partial charge >= 0.3 is 0 Å². The number of aryl methyl sites for hydroxylation is 1. The van der Waals surface area contributed by atoms with Crippen molar-refractivity contribution in [2.24, 2.45) is 18.4 Å². The summed E-state index contributed by atoms with van der Waals surface area (Å²) in [7, 11) is 1.88. The Kier molecular flexibility index (Phi) is 8.29. The standard InChI is InChI=1S/C28H35N5O2S2/c1-7-18-8-11-20(12-9-18)35-17(2)25-31-32-27(33(25)6)36-16-24(34)30-26-22(15-29)21-13-10-19(28(3,4)5)14-23(21)37-26/h8-9,11-12,17,19H,7,10,13-14,16H2,1-6H3,(H,30,34)/t17-,19+/m0/s1. The molecular formula is C28H35N5O2S2. The molecule has 0 aliphatic heterocycles. The highest BCUT2D eigenvalue weighted by atomic mass is 32.2. The summed E-state index contributed by atoms with van der Waals surface area (Å²) in [4.78, 5) is 14.1. The number of hydrogen-bond donors (Lipinski definition) is 1. The van der Waals surface area contributed by atoms with E-state index < -0.39 is 0 Å². The van der Waals surface area contributed by atoms with Gasteiger partial charge in [0.25, 0.3) is 0 Å². The maximum atomic E-state index is 12.8. The Labute approximate surface area is 227 Å². The smallest absolute Gasteiger partial charge is 0.235 e. The van der Waals surface area contributed by atoms with E-state index in [-0.39, 0.29) is 23.2 Å². The molecule has 1 aliphatic rings. The zero-order valence-corrected chi connectivity index (χ0v) is 24.1. The van der Waals surface area contributed by atoms with Crippen molar-refractivity contribution in [3.05, 3.63) is 51.7 Å². The van der Waals surface area contributed by atoms with Crippen LogP contribution in [-0.2, 0) is 31.1 Å². The molecule has 0 saturated carbocycles. The van der Waals surface area contributed by atoms with Crippen molar-refractivity contribution >= 4 is 34.0 Å². The monoisotopic (exact) mass is 537 g/mol. The van der Waals surface area contributed by atoms with Crippen molar-refractivity contribution in [2.75, 3.05) is 11.1 Å². The van der Waals surface area contributed by atoms with Crippen LogP contribution < -0.4 is 10.1 Å². The highest BCUT2D eigenvalue weighted by Gasteiger charge is 2.32. The van der Waals surface area contributed by atoms with Crippen molar-refractivity contribution in [2.45, 2.75) is 71.6 Å². The van der Waals surface area contributed by atoms with E-state index in [9.17, 15) is 10.1 Å². The van der Waals surface area contributed by atoms with E-state index in [2.05, 4.69) is 61.4 Å². The van der Waals surface area contributed by atoms with E-state index in [0.29, 0.717) is 27.5 Å².